The third kappa shape index (κ3) is 3.21. The molecule has 14 heavy (non-hydrogen) atoms. The summed E-state index contributed by atoms with van der Waals surface area (Å²) in [5, 5.41) is 0. The third-order valence-electron chi connectivity index (χ3n) is 1.75. The number of benzene rings is 1. The quantitative estimate of drug-likeness (QED) is 0.668. The predicted octanol–water partition coefficient (Wildman–Crippen LogP) is 3.56. The van der Waals surface area contributed by atoms with Crippen LogP contribution >= 0.6 is 0 Å². The first kappa shape index (κ1) is 10.8. The van der Waals surface area contributed by atoms with E-state index in [0.717, 1.165) is 0 Å². The first-order valence-electron chi connectivity index (χ1n) is 4.62. The lowest BCUT2D eigenvalue weighted by Crippen LogP contribution is -2.24. The molecule has 0 aliphatic rings. The Morgan fingerprint density at radius 2 is 2.07 bits per heavy atom. The fourth-order valence-electron chi connectivity index (χ4n) is 1.27. The van der Waals surface area contributed by atoms with Gasteiger partial charge in [-0.3, -0.25) is 0 Å². The Morgan fingerprint density at radius 3 is 2.64 bits per heavy atom. The zero-order valence-electron chi connectivity index (χ0n) is 8.75. The molecular weight excluding hydrogens is 179 g/mol. The smallest absolute Gasteiger partial charge is 0.126 e. The van der Waals surface area contributed by atoms with Crippen molar-refractivity contribution < 1.29 is 9.13 Å². The number of hydrogen-bond acceptors (Lipinski definition) is 1. The molecule has 0 amide bonds. The second kappa shape index (κ2) is 4.27. The molecule has 1 aromatic carbocycles. The van der Waals surface area contributed by atoms with E-state index in [1.807, 2.05) is 32.9 Å². The minimum absolute atomic E-state index is 0.279. The highest BCUT2D eigenvalue weighted by Crippen LogP contribution is 2.19. The monoisotopic (exact) mass is 194 g/mol. The highest BCUT2D eigenvalue weighted by Gasteiger charge is 2.14. The van der Waals surface area contributed by atoms with Crippen LogP contribution in [0.4, 0.5) is 4.39 Å². The lowest BCUT2D eigenvalue weighted by atomic mass is 10.1. The van der Waals surface area contributed by atoms with Crippen molar-refractivity contribution in [1.29, 1.82) is 0 Å². The lowest BCUT2D eigenvalue weighted by Gasteiger charge is -2.22. The van der Waals surface area contributed by atoms with Crippen LogP contribution in [0.2, 0.25) is 0 Å². The molecule has 0 unspecified atom stereocenters. The van der Waals surface area contributed by atoms with Crippen LogP contribution in [0.1, 0.15) is 20.8 Å². The predicted molar refractivity (Wildman–Crippen MR) is 55.9 cm³/mol. The molecule has 0 heterocycles. The van der Waals surface area contributed by atoms with Gasteiger partial charge in [-0.25, -0.2) is 4.39 Å². The van der Waals surface area contributed by atoms with Crippen molar-refractivity contribution in [3.8, 4) is 5.75 Å². The molecule has 0 bridgehead atoms. The van der Waals surface area contributed by atoms with E-state index < -0.39 is 5.60 Å². The first-order chi connectivity index (χ1) is 6.53. The fraction of sp³-hybridized carbons (Fsp3) is 0.333. The summed E-state index contributed by atoms with van der Waals surface area (Å²) < 4.78 is 18.4. The highest BCUT2D eigenvalue weighted by atomic mass is 19.1. The molecule has 0 saturated heterocycles. The molecular formula is C12H15FO. The molecule has 0 aliphatic carbocycles. The van der Waals surface area contributed by atoms with E-state index in [1.54, 1.807) is 12.1 Å². The van der Waals surface area contributed by atoms with Gasteiger partial charge in [0.05, 0.1) is 0 Å². The molecule has 0 fully saturated rings. The van der Waals surface area contributed by atoms with Gasteiger partial charge >= 0.3 is 0 Å². The van der Waals surface area contributed by atoms with Crippen molar-refractivity contribution in [1.82, 2.24) is 0 Å². The van der Waals surface area contributed by atoms with E-state index in [2.05, 4.69) is 0 Å². The number of hydrogen-bond donors (Lipinski definition) is 0. The molecule has 0 aromatic heterocycles. The number of allylic oxidation sites excluding steroid dienone is 1. The van der Waals surface area contributed by atoms with E-state index in [1.165, 1.54) is 12.1 Å². The van der Waals surface area contributed by atoms with Crippen LogP contribution in [0.5, 0.6) is 5.75 Å². The van der Waals surface area contributed by atoms with Crippen molar-refractivity contribution in [3.63, 3.8) is 0 Å². The Bertz CT molecular complexity index is 329. The molecule has 0 atom stereocenters. The SMILES string of the molecule is CC=CC(C)(C)Oc1cccc(F)c1. The summed E-state index contributed by atoms with van der Waals surface area (Å²) in [4.78, 5) is 0. The van der Waals surface area contributed by atoms with E-state index in [-0.39, 0.29) is 5.82 Å². The molecule has 0 aliphatic heterocycles. The van der Waals surface area contributed by atoms with Gasteiger partial charge in [0.15, 0.2) is 0 Å². The summed E-state index contributed by atoms with van der Waals surface area (Å²) in [6.07, 6.45) is 3.84. The first-order valence-corrected chi connectivity index (χ1v) is 4.62. The normalized spacial score (nSPS) is 12.0. The van der Waals surface area contributed by atoms with Crippen molar-refractivity contribution in [2.45, 2.75) is 26.4 Å². The summed E-state index contributed by atoms with van der Waals surface area (Å²) in [5.74, 6) is 0.270. The standard InChI is InChI=1S/C12H15FO/c1-4-8-12(2,3)14-11-7-5-6-10(13)9-11/h4-9H,1-3H3. The van der Waals surface area contributed by atoms with E-state index in [4.69, 9.17) is 4.74 Å². The summed E-state index contributed by atoms with van der Waals surface area (Å²) in [7, 11) is 0. The van der Waals surface area contributed by atoms with Gasteiger partial charge in [0.25, 0.3) is 0 Å². The largest absolute Gasteiger partial charge is 0.484 e. The van der Waals surface area contributed by atoms with Gasteiger partial charge in [0.1, 0.15) is 17.2 Å². The number of rotatable bonds is 3. The maximum absolute atomic E-state index is 12.8. The average Bonchev–Trinajstić information content (AvgIpc) is 2.02. The Morgan fingerprint density at radius 1 is 1.36 bits per heavy atom. The third-order valence-corrected chi connectivity index (χ3v) is 1.75. The van der Waals surface area contributed by atoms with Crippen molar-refractivity contribution in [3.05, 3.63) is 42.2 Å². The molecule has 1 nitrogen and oxygen atoms in total. The lowest BCUT2D eigenvalue weighted by molar-refractivity contribution is 0.161. The van der Waals surface area contributed by atoms with Gasteiger partial charge in [-0.2, -0.15) is 0 Å². The minimum atomic E-state index is -0.400. The number of halogens is 1. The van der Waals surface area contributed by atoms with Crippen LogP contribution in [0.25, 0.3) is 0 Å². The maximum Gasteiger partial charge on any atom is 0.126 e. The molecule has 1 rings (SSSR count). The fourth-order valence-corrected chi connectivity index (χ4v) is 1.27. The van der Waals surface area contributed by atoms with Gasteiger partial charge in [-0.05, 0) is 39.0 Å². The van der Waals surface area contributed by atoms with Crippen LogP contribution < -0.4 is 4.74 Å². The minimum Gasteiger partial charge on any atom is -0.484 e. The van der Waals surface area contributed by atoms with Gasteiger partial charge in [-0.15, -0.1) is 0 Å². The summed E-state index contributed by atoms with van der Waals surface area (Å²) in [6, 6.07) is 6.16. The second-order valence-electron chi connectivity index (χ2n) is 3.66. The van der Waals surface area contributed by atoms with E-state index >= 15 is 0 Å². The average molecular weight is 194 g/mol. The van der Waals surface area contributed by atoms with E-state index in [0.29, 0.717) is 5.75 Å². The molecule has 2 heteroatoms. The van der Waals surface area contributed by atoms with Crippen molar-refractivity contribution in [2.75, 3.05) is 0 Å². The second-order valence-corrected chi connectivity index (χ2v) is 3.66. The van der Waals surface area contributed by atoms with Gasteiger partial charge < -0.3 is 4.74 Å². The molecule has 0 saturated carbocycles. The Balaban J connectivity index is 2.78. The maximum atomic E-state index is 12.8. The summed E-state index contributed by atoms with van der Waals surface area (Å²) >= 11 is 0. The zero-order chi connectivity index (χ0) is 10.6. The van der Waals surface area contributed by atoms with Gasteiger partial charge in [0, 0.05) is 6.07 Å². The van der Waals surface area contributed by atoms with Gasteiger partial charge in [-0.1, -0.05) is 12.1 Å². The van der Waals surface area contributed by atoms with Crippen LogP contribution in [0, 0.1) is 5.82 Å². The molecule has 0 N–H and O–H groups in total. The topological polar surface area (TPSA) is 9.23 Å². The van der Waals surface area contributed by atoms with Crippen LogP contribution in [0.15, 0.2) is 36.4 Å². The van der Waals surface area contributed by atoms with Crippen LogP contribution in [0.3, 0.4) is 0 Å². The van der Waals surface area contributed by atoms with Crippen molar-refractivity contribution in [2.24, 2.45) is 0 Å². The Hall–Kier alpha value is -1.31. The number of ether oxygens (including phenoxy) is 1. The Kier molecular flexibility index (Phi) is 3.28. The van der Waals surface area contributed by atoms with Crippen LogP contribution in [-0.2, 0) is 0 Å². The molecule has 0 spiro atoms. The van der Waals surface area contributed by atoms with Crippen LogP contribution in [-0.4, -0.2) is 5.60 Å². The zero-order valence-corrected chi connectivity index (χ0v) is 8.75. The van der Waals surface area contributed by atoms with Crippen molar-refractivity contribution >= 4 is 0 Å². The van der Waals surface area contributed by atoms with Gasteiger partial charge in [0.2, 0.25) is 0 Å². The van der Waals surface area contributed by atoms with E-state index in [9.17, 15) is 4.39 Å². The molecule has 76 valence electrons. The highest BCUT2D eigenvalue weighted by molar-refractivity contribution is 5.24. The molecule has 0 radical (unpaired) electrons. The Labute approximate surface area is 84.2 Å². The molecule has 1 aromatic rings. The summed E-state index contributed by atoms with van der Waals surface area (Å²) in [5.41, 5.74) is -0.400. The summed E-state index contributed by atoms with van der Waals surface area (Å²) in [6.45, 7) is 5.78.